The maximum absolute atomic E-state index is 10.9. The number of primary amides is 1. The summed E-state index contributed by atoms with van der Waals surface area (Å²) in [6, 6.07) is 1.67. The highest BCUT2D eigenvalue weighted by Gasteiger charge is 2.12. The van der Waals surface area contributed by atoms with E-state index in [-0.39, 0.29) is 11.4 Å². The molecule has 0 saturated carbocycles. The Labute approximate surface area is 84.7 Å². The molecule has 0 aliphatic heterocycles. The van der Waals surface area contributed by atoms with Gasteiger partial charge in [-0.2, -0.15) is 0 Å². The van der Waals surface area contributed by atoms with Gasteiger partial charge in [-0.25, -0.2) is 14.6 Å². The highest BCUT2D eigenvalue weighted by atomic mass is 16.1. The first-order valence-corrected chi connectivity index (χ1v) is 4.11. The van der Waals surface area contributed by atoms with Crippen molar-refractivity contribution in [1.82, 2.24) is 19.7 Å². The summed E-state index contributed by atoms with van der Waals surface area (Å²) in [5.41, 5.74) is 10.7. The van der Waals surface area contributed by atoms with Crippen LogP contribution < -0.4 is 11.5 Å². The Bertz CT molecular complexity index is 491. The standard InChI is InChI=1S/C8H8N6O/c9-6-5(7(10)15)4-14(13-6)8-11-2-1-3-12-8/h1-4H,(H2,9,13)(H2,10,15). The summed E-state index contributed by atoms with van der Waals surface area (Å²) < 4.78 is 1.30. The summed E-state index contributed by atoms with van der Waals surface area (Å²) in [6.07, 6.45) is 4.52. The number of amides is 1. The maximum Gasteiger partial charge on any atom is 0.254 e. The molecule has 15 heavy (non-hydrogen) atoms. The Balaban J connectivity index is 2.48. The molecule has 4 N–H and O–H groups in total. The molecular weight excluding hydrogens is 196 g/mol. The van der Waals surface area contributed by atoms with Crippen molar-refractivity contribution >= 4 is 11.7 Å². The zero-order chi connectivity index (χ0) is 10.8. The van der Waals surface area contributed by atoms with Crippen LogP contribution in [0.5, 0.6) is 0 Å². The van der Waals surface area contributed by atoms with Crippen molar-refractivity contribution in [2.75, 3.05) is 5.73 Å². The molecule has 2 rings (SSSR count). The van der Waals surface area contributed by atoms with E-state index in [1.165, 1.54) is 10.9 Å². The van der Waals surface area contributed by atoms with Crippen LogP contribution in [0.1, 0.15) is 10.4 Å². The Morgan fingerprint density at radius 1 is 1.33 bits per heavy atom. The molecular formula is C8H8N6O. The second-order valence-electron chi connectivity index (χ2n) is 2.79. The first kappa shape index (κ1) is 9.13. The van der Waals surface area contributed by atoms with E-state index < -0.39 is 5.91 Å². The van der Waals surface area contributed by atoms with Crippen molar-refractivity contribution < 1.29 is 4.79 Å². The predicted molar refractivity (Wildman–Crippen MR) is 52.1 cm³/mol. The van der Waals surface area contributed by atoms with Crippen molar-refractivity contribution in [3.63, 3.8) is 0 Å². The minimum Gasteiger partial charge on any atom is -0.382 e. The lowest BCUT2D eigenvalue weighted by Crippen LogP contribution is -2.11. The minimum atomic E-state index is -0.630. The molecule has 0 atom stereocenters. The summed E-state index contributed by atoms with van der Waals surface area (Å²) in [6.45, 7) is 0. The highest BCUT2D eigenvalue weighted by molar-refractivity contribution is 5.96. The number of nitrogen functional groups attached to an aromatic ring is 1. The average Bonchev–Trinajstić information content (AvgIpc) is 2.62. The number of aromatic nitrogens is 4. The molecule has 76 valence electrons. The van der Waals surface area contributed by atoms with Gasteiger partial charge in [0.05, 0.1) is 0 Å². The van der Waals surface area contributed by atoms with Crippen LogP contribution in [0.3, 0.4) is 0 Å². The molecule has 7 heteroatoms. The molecule has 0 saturated heterocycles. The second kappa shape index (κ2) is 3.37. The van der Waals surface area contributed by atoms with Gasteiger partial charge in [0.25, 0.3) is 11.9 Å². The van der Waals surface area contributed by atoms with Crippen LogP contribution in [-0.4, -0.2) is 25.7 Å². The molecule has 0 aliphatic rings. The first-order chi connectivity index (χ1) is 7.18. The largest absolute Gasteiger partial charge is 0.382 e. The van der Waals surface area contributed by atoms with Gasteiger partial charge in [-0.1, -0.05) is 0 Å². The average molecular weight is 204 g/mol. The lowest BCUT2D eigenvalue weighted by molar-refractivity contribution is 0.100. The highest BCUT2D eigenvalue weighted by Crippen LogP contribution is 2.09. The van der Waals surface area contributed by atoms with Crippen molar-refractivity contribution in [2.24, 2.45) is 5.73 Å². The fourth-order valence-electron chi connectivity index (χ4n) is 1.09. The van der Waals surface area contributed by atoms with Crippen LogP contribution in [0.25, 0.3) is 5.95 Å². The summed E-state index contributed by atoms with van der Waals surface area (Å²) >= 11 is 0. The molecule has 2 aromatic rings. The van der Waals surface area contributed by atoms with E-state index in [4.69, 9.17) is 11.5 Å². The second-order valence-corrected chi connectivity index (χ2v) is 2.79. The zero-order valence-corrected chi connectivity index (χ0v) is 7.66. The summed E-state index contributed by atoms with van der Waals surface area (Å²) in [4.78, 5) is 18.8. The summed E-state index contributed by atoms with van der Waals surface area (Å²) in [5.74, 6) is -0.235. The van der Waals surface area contributed by atoms with Gasteiger partial charge in [0, 0.05) is 18.6 Å². The van der Waals surface area contributed by atoms with Gasteiger partial charge in [-0.3, -0.25) is 4.79 Å². The molecule has 7 nitrogen and oxygen atoms in total. The molecule has 0 unspecified atom stereocenters. The third kappa shape index (κ3) is 1.62. The molecule has 0 radical (unpaired) electrons. The quantitative estimate of drug-likeness (QED) is 0.674. The Hall–Kier alpha value is -2.44. The van der Waals surface area contributed by atoms with Gasteiger partial charge in [0.15, 0.2) is 5.82 Å². The number of nitrogens with two attached hydrogens (primary N) is 2. The fraction of sp³-hybridized carbons (Fsp3) is 0. The van der Waals surface area contributed by atoms with Gasteiger partial charge < -0.3 is 11.5 Å². The molecule has 0 bridgehead atoms. The van der Waals surface area contributed by atoms with Crippen LogP contribution in [0.15, 0.2) is 24.7 Å². The lowest BCUT2D eigenvalue weighted by atomic mass is 10.3. The number of rotatable bonds is 2. The number of nitrogens with zero attached hydrogens (tertiary/aromatic N) is 4. The third-order valence-electron chi connectivity index (χ3n) is 1.77. The van der Waals surface area contributed by atoms with Gasteiger partial charge in [0.1, 0.15) is 5.56 Å². The van der Waals surface area contributed by atoms with Gasteiger partial charge >= 0.3 is 0 Å². The first-order valence-electron chi connectivity index (χ1n) is 4.11. The topological polar surface area (TPSA) is 113 Å². The smallest absolute Gasteiger partial charge is 0.254 e. The molecule has 0 spiro atoms. The van der Waals surface area contributed by atoms with Crippen LogP contribution in [0.4, 0.5) is 5.82 Å². The van der Waals surface area contributed by atoms with Gasteiger partial charge in [-0.05, 0) is 6.07 Å². The fourth-order valence-corrected chi connectivity index (χ4v) is 1.09. The van der Waals surface area contributed by atoms with Crippen molar-refractivity contribution in [3.05, 3.63) is 30.2 Å². The van der Waals surface area contributed by atoms with Gasteiger partial charge in [0.2, 0.25) is 0 Å². The van der Waals surface area contributed by atoms with Gasteiger partial charge in [-0.15, -0.1) is 5.10 Å². The van der Waals surface area contributed by atoms with Crippen molar-refractivity contribution in [2.45, 2.75) is 0 Å². The number of anilines is 1. The Morgan fingerprint density at radius 2 is 2.00 bits per heavy atom. The summed E-state index contributed by atoms with van der Waals surface area (Å²) in [7, 11) is 0. The number of hydrogen-bond acceptors (Lipinski definition) is 5. The third-order valence-corrected chi connectivity index (χ3v) is 1.77. The SMILES string of the molecule is NC(=O)c1cn(-c2ncccn2)nc1N. The van der Waals surface area contributed by atoms with E-state index in [0.29, 0.717) is 5.95 Å². The van der Waals surface area contributed by atoms with Crippen LogP contribution in [-0.2, 0) is 0 Å². The minimum absolute atomic E-state index is 0.0648. The van der Waals surface area contributed by atoms with Crippen molar-refractivity contribution in [1.29, 1.82) is 0 Å². The Kier molecular flexibility index (Phi) is 2.05. The molecule has 0 fully saturated rings. The molecule has 2 aromatic heterocycles. The monoisotopic (exact) mass is 204 g/mol. The lowest BCUT2D eigenvalue weighted by Gasteiger charge is -1.95. The van der Waals surface area contributed by atoms with Crippen LogP contribution in [0.2, 0.25) is 0 Å². The van der Waals surface area contributed by atoms with Crippen LogP contribution in [0, 0.1) is 0 Å². The number of carbonyl (C=O) groups excluding carboxylic acids is 1. The summed E-state index contributed by atoms with van der Waals surface area (Å²) in [5, 5.41) is 3.87. The zero-order valence-electron chi connectivity index (χ0n) is 7.66. The van der Waals surface area contributed by atoms with E-state index in [0.717, 1.165) is 0 Å². The molecule has 2 heterocycles. The van der Waals surface area contributed by atoms with E-state index in [9.17, 15) is 4.79 Å². The molecule has 0 aromatic carbocycles. The molecule has 1 amide bonds. The Morgan fingerprint density at radius 3 is 2.53 bits per heavy atom. The van der Waals surface area contributed by atoms with E-state index in [1.807, 2.05) is 0 Å². The van der Waals surface area contributed by atoms with E-state index in [1.54, 1.807) is 18.5 Å². The number of hydrogen-bond donors (Lipinski definition) is 2. The van der Waals surface area contributed by atoms with Crippen LogP contribution >= 0.6 is 0 Å². The predicted octanol–water partition coefficient (Wildman–Crippen LogP) is -0.657. The maximum atomic E-state index is 10.9. The van der Waals surface area contributed by atoms with Crippen molar-refractivity contribution in [3.8, 4) is 5.95 Å². The molecule has 0 aliphatic carbocycles. The van der Waals surface area contributed by atoms with E-state index in [2.05, 4.69) is 15.1 Å². The van der Waals surface area contributed by atoms with E-state index >= 15 is 0 Å². The number of carbonyl (C=O) groups is 1. The normalized spacial score (nSPS) is 10.1.